The standard InChI is InChI=1S/C31H38N4O4/c1-21(35-15-11-24(36)12-16-35)18-34-13-9-23(10-14-34)32-31(37)28-17-26-27(33-28)6-4-8-30(26)39-20-22-19-38-29-7-3-2-5-25(22)29/h2-8,17,19,21,23-24,33,36H,9-16,18,20H2,1H3,(H,32,37)/t21-/m0/s1. The molecule has 2 aliphatic heterocycles. The molecular formula is C31H38N4O4. The number of fused-ring (bicyclic) bond motifs is 2. The Balaban J connectivity index is 1.03. The first-order chi connectivity index (χ1) is 19.0. The van der Waals surface area contributed by atoms with Gasteiger partial charge in [0, 0.05) is 66.7 Å². The number of carbonyl (C=O) groups excluding carboxylic acids is 1. The highest BCUT2D eigenvalue weighted by Gasteiger charge is 2.26. The number of carbonyl (C=O) groups is 1. The molecule has 0 bridgehead atoms. The van der Waals surface area contributed by atoms with Gasteiger partial charge in [-0.05, 0) is 56.9 Å². The number of nitrogens with one attached hydrogen (secondary N) is 2. The number of likely N-dealkylation sites (tertiary alicyclic amines) is 2. The van der Waals surface area contributed by atoms with E-state index < -0.39 is 0 Å². The highest BCUT2D eigenvalue weighted by molar-refractivity contribution is 5.99. The van der Waals surface area contributed by atoms with Crippen LogP contribution in [0.15, 0.2) is 59.2 Å². The summed E-state index contributed by atoms with van der Waals surface area (Å²) >= 11 is 0. The first-order valence-corrected chi connectivity index (χ1v) is 14.2. The van der Waals surface area contributed by atoms with Crippen LogP contribution >= 0.6 is 0 Å². The van der Waals surface area contributed by atoms with Crippen molar-refractivity contribution in [1.29, 1.82) is 0 Å². The maximum absolute atomic E-state index is 13.1. The minimum atomic E-state index is -0.132. The van der Waals surface area contributed by atoms with Crippen LogP contribution in [0, 0.1) is 0 Å². The van der Waals surface area contributed by atoms with E-state index in [1.54, 1.807) is 6.26 Å². The van der Waals surface area contributed by atoms with Gasteiger partial charge in [-0.3, -0.25) is 9.69 Å². The number of hydrogen-bond acceptors (Lipinski definition) is 6. The lowest BCUT2D eigenvalue weighted by Crippen LogP contribution is -2.50. The monoisotopic (exact) mass is 530 g/mol. The number of aliphatic hydroxyl groups is 1. The van der Waals surface area contributed by atoms with Gasteiger partial charge >= 0.3 is 0 Å². The normalized spacial score (nSPS) is 19.0. The highest BCUT2D eigenvalue weighted by atomic mass is 16.5. The van der Waals surface area contributed by atoms with Crippen LogP contribution in [0.25, 0.3) is 21.9 Å². The van der Waals surface area contributed by atoms with Crippen LogP contribution in [-0.2, 0) is 6.61 Å². The van der Waals surface area contributed by atoms with Crippen molar-refractivity contribution >= 4 is 27.8 Å². The third kappa shape index (κ3) is 5.83. The second-order valence-electron chi connectivity index (χ2n) is 11.1. The second-order valence-corrected chi connectivity index (χ2v) is 11.1. The summed E-state index contributed by atoms with van der Waals surface area (Å²) < 4.78 is 11.8. The summed E-state index contributed by atoms with van der Waals surface area (Å²) in [6, 6.07) is 16.3. The molecule has 2 aromatic heterocycles. The molecule has 1 atom stereocenters. The Morgan fingerprint density at radius 2 is 1.87 bits per heavy atom. The fraction of sp³-hybridized carbons (Fsp3) is 0.452. The van der Waals surface area contributed by atoms with Crippen molar-refractivity contribution in [3.63, 3.8) is 0 Å². The zero-order valence-corrected chi connectivity index (χ0v) is 22.6. The molecule has 4 aromatic rings. The van der Waals surface area contributed by atoms with Crippen molar-refractivity contribution < 1.29 is 19.1 Å². The lowest BCUT2D eigenvalue weighted by atomic mass is 10.0. The van der Waals surface area contributed by atoms with Gasteiger partial charge in [-0.15, -0.1) is 0 Å². The molecule has 0 aliphatic carbocycles. The number of piperidine rings is 2. The smallest absolute Gasteiger partial charge is 0.267 e. The van der Waals surface area contributed by atoms with Gasteiger partial charge in [-0.2, -0.15) is 0 Å². The van der Waals surface area contributed by atoms with Gasteiger partial charge in [0.25, 0.3) is 5.91 Å². The molecule has 8 nitrogen and oxygen atoms in total. The van der Waals surface area contributed by atoms with E-state index in [1.807, 2.05) is 48.5 Å². The summed E-state index contributed by atoms with van der Waals surface area (Å²) in [4.78, 5) is 21.4. The molecule has 206 valence electrons. The summed E-state index contributed by atoms with van der Waals surface area (Å²) in [6.07, 6.45) is 5.26. The van der Waals surface area contributed by atoms with Crippen LogP contribution in [0.4, 0.5) is 0 Å². The predicted octanol–water partition coefficient (Wildman–Crippen LogP) is 4.53. The molecule has 0 saturated carbocycles. The SMILES string of the molecule is C[C@@H](CN1CCC(NC(=O)c2cc3c(OCc4coc5ccccc45)cccc3[nH]2)CC1)N1CCC(O)CC1. The number of benzene rings is 2. The number of hydrogen-bond donors (Lipinski definition) is 3. The maximum Gasteiger partial charge on any atom is 0.267 e. The summed E-state index contributed by atoms with van der Waals surface area (Å²) in [7, 11) is 0. The largest absolute Gasteiger partial charge is 0.488 e. The Morgan fingerprint density at radius 3 is 2.69 bits per heavy atom. The molecule has 0 unspecified atom stereocenters. The van der Waals surface area contributed by atoms with E-state index in [9.17, 15) is 9.90 Å². The highest BCUT2D eigenvalue weighted by Crippen LogP contribution is 2.29. The van der Waals surface area contributed by atoms with E-state index in [2.05, 4.69) is 27.0 Å². The molecule has 0 radical (unpaired) electrons. The van der Waals surface area contributed by atoms with Crippen molar-refractivity contribution in [2.24, 2.45) is 0 Å². The molecule has 2 aromatic carbocycles. The van der Waals surface area contributed by atoms with E-state index in [0.29, 0.717) is 18.3 Å². The van der Waals surface area contributed by atoms with Crippen LogP contribution in [0.1, 0.15) is 48.7 Å². The zero-order chi connectivity index (χ0) is 26.8. The predicted molar refractivity (Wildman–Crippen MR) is 152 cm³/mol. The molecular weight excluding hydrogens is 492 g/mol. The Bertz CT molecular complexity index is 1410. The lowest BCUT2D eigenvalue weighted by Gasteiger charge is -2.39. The average molecular weight is 531 g/mol. The summed E-state index contributed by atoms with van der Waals surface area (Å²) in [5.41, 5.74) is 3.27. The van der Waals surface area contributed by atoms with Crippen molar-refractivity contribution in [2.45, 2.75) is 57.4 Å². The number of H-pyrrole nitrogens is 1. The van der Waals surface area contributed by atoms with E-state index in [-0.39, 0.29) is 18.1 Å². The van der Waals surface area contributed by atoms with Gasteiger partial charge in [-0.25, -0.2) is 0 Å². The molecule has 2 fully saturated rings. The minimum absolute atomic E-state index is 0.0725. The molecule has 3 N–H and O–H groups in total. The fourth-order valence-electron chi connectivity index (χ4n) is 6.01. The number of aromatic nitrogens is 1. The van der Waals surface area contributed by atoms with Crippen LogP contribution in [-0.4, -0.2) is 76.7 Å². The number of rotatable bonds is 8. The van der Waals surface area contributed by atoms with E-state index in [1.165, 1.54) is 0 Å². The summed E-state index contributed by atoms with van der Waals surface area (Å²) in [5, 5.41) is 15.0. The average Bonchev–Trinajstić information content (AvgIpc) is 3.58. The molecule has 6 rings (SSSR count). The van der Waals surface area contributed by atoms with E-state index in [0.717, 1.165) is 91.6 Å². The number of amides is 1. The third-order valence-electron chi connectivity index (χ3n) is 8.38. The first kappa shape index (κ1) is 25.9. The Hall–Kier alpha value is -3.33. The van der Waals surface area contributed by atoms with Crippen LogP contribution in [0.3, 0.4) is 0 Å². The number of nitrogens with zero attached hydrogens (tertiary/aromatic N) is 2. The molecule has 39 heavy (non-hydrogen) atoms. The zero-order valence-electron chi connectivity index (χ0n) is 22.6. The minimum Gasteiger partial charge on any atom is -0.488 e. The number of para-hydroxylation sites is 1. The number of ether oxygens (including phenoxy) is 1. The van der Waals surface area contributed by atoms with Crippen molar-refractivity contribution in [3.8, 4) is 5.75 Å². The number of aliphatic hydroxyl groups excluding tert-OH is 1. The van der Waals surface area contributed by atoms with Gasteiger partial charge in [0.15, 0.2) is 0 Å². The number of aromatic amines is 1. The van der Waals surface area contributed by atoms with Crippen LogP contribution in [0.5, 0.6) is 5.75 Å². The van der Waals surface area contributed by atoms with Gasteiger partial charge in [0.05, 0.1) is 12.4 Å². The van der Waals surface area contributed by atoms with E-state index in [4.69, 9.17) is 9.15 Å². The van der Waals surface area contributed by atoms with Gasteiger partial charge in [0.1, 0.15) is 23.6 Å². The van der Waals surface area contributed by atoms with Gasteiger partial charge < -0.3 is 29.5 Å². The van der Waals surface area contributed by atoms with Crippen molar-refractivity contribution in [3.05, 3.63) is 66.1 Å². The van der Waals surface area contributed by atoms with Crippen LogP contribution in [0.2, 0.25) is 0 Å². The Morgan fingerprint density at radius 1 is 1.08 bits per heavy atom. The van der Waals surface area contributed by atoms with Crippen molar-refractivity contribution in [2.75, 3.05) is 32.7 Å². The second kappa shape index (κ2) is 11.4. The quantitative estimate of drug-likeness (QED) is 0.310. The molecule has 2 saturated heterocycles. The first-order valence-electron chi connectivity index (χ1n) is 14.2. The Kier molecular flexibility index (Phi) is 7.59. The summed E-state index contributed by atoms with van der Waals surface area (Å²) in [5.74, 6) is 0.662. The summed E-state index contributed by atoms with van der Waals surface area (Å²) in [6.45, 7) is 7.64. The maximum atomic E-state index is 13.1. The van der Waals surface area contributed by atoms with Gasteiger partial charge in [0.2, 0.25) is 0 Å². The van der Waals surface area contributed by atoms with Gasteiger partial charge in [-0.1, -0.05) is 24.3 Å². The molecule has 1 amide bonds. The topological polar surface area (TPSA) is 94.0 Å². The van der Waals surface area contributed by atoms with Crippen molar-refractivity contribution in [1.82, 2.24) is 20.1 Å². The lowest BCUT2D eigenvalue weighted by molar-refractivity contribution is 0.0497. The molecule has 0 spiro atoms. The van der Waals surface area contributed by atoms with E-state index >= 15 is 0 Å². The third-order valence-corrected chi connectivity index (χ3v) is 8.38. The fourth-order valence-corrected chi connectivity index (χ4v) is 6.01. The molecule has 4 heterocycles. The number of furan rings is 1. The van der Waals surface area contributed by atoms with Crippen LogP contribution < -0.4 is 10.1 Å². The Labute approximate surface area is 228 Å². The molecule has 2 aliphatic rings. The molecule has 8 heteroatoms.